The van der Waals surface area contributed by atoms with Crippen molar-refractivity contribution in [3.8, 4) is 0 Å². The van der Waals surface area contributed by atoms with Crippen molar-refractivity contribution >= 4 is 47.4 Å². The van der Waals surface area contributed by atoms with Crippen LogP contribution in [0.25, 0.3) is 0 Å². The normalized spacial score (nSPS) is 14.8. The maximum atomic E-state index is 11.9. The number of aliphatic imine (C=N–C) groups is 1. The molecule has 2 N–H and O–H groups in total. The molecule has 2 rings (SSSR count). The first-order valence-electron chi connectivity index (χ1n) is 8.98. The molecule has 0 radical (unpaired) electrons. The molecule has 1 aromatic heterocycles. The molecule has 0 atom stereocenters. The largest absolute Gasteiger partial charge is 0.354 e. The fraction of sp³-hybridized carbons (Fsp3) is 0.667. The Labute approximate surface area is 178 Å². The van der Waals surface area contributed by atoms with Crippen molar-refractivity contribution in [3.63, 3.8) is 0 Å². The van der Waals surface area contributed by atoms with Crippen LogP contribution in [0, 0.1) is 5.92 Å². The molecule has 1 heterocycles. The standard InChI is InChI=1S/C18H30ClN5O.HI/c1-20-18(24(3)13-16-11-15(19)12-23(16)2)22-9-8-21-17(25)10-14-6-4-5-7-14;/h11-12,14H,4-10,13H2,1-3H3,(H,20,22)(H,21,25);1H. The Morgan fingerprint density at radius 2 is 2.00 bits per heavy atom. The number of hydrogen-bond acceptors (Lipinski definition) is 2. The number of halogens is 2. The Morgan fingerprint density at radius 1 is 1.35 bits per heavy atom. The van der Waals surface area contributed by atoms with Crippen LogP contribution in [0.1, 0.15) is 37.8 Å². The molecule has 26 heavy (non-hydrogen) atoms. The van der Waals surface area contributed by atoms with E-state index in [1.165, 1.54) is 25.7 Å². The minimum absolute atomic E-state index is 0. The molecule has 148 valence electrons. The molecule has 0 unspecified atom stereocenters. The van der Waals surface area contributed by atoms with Gasteiger partial charge >= 0.3 is 0 Å². The summed E-state index contributed by atoms with van der Waals surface area (Å²) in [6.07, 6.45) is 7.51. The van der Waals surface area contributed by atoms with Gasteiger partial charge in [0.2, 0.25) is 5.91 Å². The van der Waals surface area contributed by atoms with Gasteiger partial charge in [-0.3, -0.25) is 9.79 Å². The minimum atomic E-state index is 0. The molecule has 1 aromatic rings. The molecular formula is C18H31ClIN5O. The lowest BCUT2D eigenvalue weighted by Gasteiger charge is -2.22. The Morgan fingerprint density at radius 3 is 2.58 bits per heavy atom. The molecule has 8 heteroatoms. The summed E-state index contributed by atoms with van der Waals surface area (Å²) in [6.45, 7) is 1.96. The van der Waals surface area contributed by atoms with Crippen LogP contribution in [0.2, 0.25) is 5.02 Å². The predicted octanol–water partition coefficient (Wildman–Crippen LogP) is 3.00. The van der Waals surface area contributed by atoms with E-state index in [2.05, 4.69) is 15.6 Å². The Bertz CT molecular complexity index is 598. The van der Waals surface area contributed by atoms with Gasteiger partial charge in [0.1, 0.15) is 0 Å². The molecule has 0 bridgehead atoms. The zero-order valence-electron chi connectivity index (χ0n) is 15.9. The van der Waals surface area contributed by atoms with Gasteiger partial charge in [0, 0.05) is 52.5 Å². The second kappa shape index (κ2) is 11.7. The molecule has 0 aliphatic heterocycles. The summed E-state index contributed by atoms with van der Waals surface area (Å²) in [7, 11) is 5.72. The van der Waals surface area contributed by atoms with E-state index in [9.17, 15) is 4.79 Å². The van der Waals surface area contributed by atoms with Gasteiger partial charge in [0.15, 0.2) is 5.96 Å². The highest BCUT2D eigenvalue weighted by Gasteiger charge is 2.18. The monoisotopic (exact) mass is 495 g/mol. The number of aryl methyl sites for hydroxylation is 1. The van der Waals surface area contributed by atoms with Crippen molar-refractivity contribution in [1.82, 2.24) is 20.1 Å². The maximum Gasteiger partial charge on any atom is 0.220 e. The average molecular weight is 496 g/mol. The van der Waals surface area contributed by atoms with E-state index in [0.717, 1.165) is 16.7 Å². The number of nitrogens with zero attached hydrogens (tertiary/aromatic N) is 3. The van der Waals surface area contributed by atoms with E-state index in [4.69, 9.17) is 11.6 Å². The number of hydrogen-bond donors (Lipinski definition) is 2. The summed E-state index contributed by atoms with van der Waals surface area (Å²) in [4.78, 5) is 18.3. The zero-order chi connectivity index (χ0) is 18.2. The van der Waals surface area contributed by atoms with Crippen LogP contribution in [-0.4, -0.2) is 48.5 Å². The SMILES string of the molecule is CN=C(NCCNC(=O)CC1CCCC1)N(C)Cc1cc(Cl)cn1C.I. The van der Waals surface area contributed by atoms with E-state index in [1.807, 2.05) is 35.8 Å². The molecule has 1 fully saturated rings. The van der Waals surface area contributed by atoms with Crippen LogP contribution in [0.4, 0.5) is 0 Å². The molecule has 0 spiro atoms. The molecule has 1 saturated carbocycles. The second-order valence-electron chi connectivity index (χ2n) is 6.80. The van der Waals surface area contributed by atoms with Gasteiger partial charge in [-0.05, 0) is 24.8 Å². The van der Waals surface area contributed by atoms with E-state index in [1.54, 1.807) is 7.05 Å². The number of carbonyl (C=O) groups is 1. The lowest BCUT2D eigenvalue weighted by Crippen LogP contribution is -2.42. The minimum Gasteiger partial charge on any atom is -0.354 e. The summed E-state index contributed by atoms with van der Waals surface area (Å²) in [5.74, 6) is 1.54. The van der Waals surface area contributed by atoms with Gasteiger partial charge < -0.3 is 20.1 Å². The van der Waals surface area contributed by atoms with E-state index in [-0.39, 0.29) is 29.9 Å². The van der Waals surface area contributed by atoms with Gasteiger partial charge in [0.05, 0.1) is 11.6 Å². The first kappa shape index (κ1) is 23.1. The fourth-order valence-electron chi connectivity index (χ4n) is 3.35. The lowest BCUT2D eigenvalue weighted by atomic mass is 10.0. The van der Waals surface area contributed by atoms with Crippen molar-refractivity contribution in [2.45, 2.75) is 38.6 Å². The molecule has 6 nitrogen and oxygen atoms in total. The number of rotatable bonds is 7. The highest BCUT2D eigenvalue weighted by Crippen LogP contribution is 2.27. The van der Waals surface area contributed by atoms with E-state index >= 15 is 0 Å². The number of guanidine groups is 1. The number of carbonyl (C=O) groups excluding carboxylic acids is 1. The van der Waals surface area contributed by atoms with Crippen LogP contribution < -0.4 is 10.6 Å². The van der Waals surface area contributed by atoms with Gasteiger partial charge in [-0.25, -0.2) is 0 Å². The summed E-state index contributed by atoms with van der Waals surface area (Å²) in [5.41, 5.74) is 1.11. The average Bonchev–Trinajstić information content (AvgIpc) is 3.17. The van der Waals surface area contributed by atoms with Crippen molar-refractivity contribution in [3.05, 3.63) is 23.0 Å². The van der Waals surface area contributed by atoms with E-state index in [0.29, 0.717) is 32.0 Å². The number of nitrogens with one attached hydrogen (secondary N) is 2. The van der Waals surface area contributed by atoms with Gasteiger partial charge in [-0.1, -0.05) is 24.4 Å². The van der Waals surface area contributed by atoms with Crippen LogP contribution in [-0.2, 0) is 18.4 Å². The fourth-order valence-corrected chi connectivity index (χ4v) is 3.62. The number of aromatic nitrogens is 1. The van der Waals surface area contributed by atoms with Crippen molar-refractivity contribution in [2.24, 2.45) is 18.0 Å². The summed E-state index contributed by atoms with van der Waals surface area (Å²) < 4.78 is 2.01. The van der Waals surface area contributed by atoms with Crippen LogP contribution >= 0.6 is 35.6 Å². The molecule has 1 aliphatic rings. The summed E-state index contributed by atoms with van der Waals surface area (Å²) in [5, 5.41) is 7.01. The quantitative estimate of drug-likeness (QED) is 0.265. The van der Waals surface area contributed by atoms with Crippen LogP contribution in [0.15, 0.2) is 17.3 Å². The molecule has 0 aromatic carbocycles. The molecular weight excluding hydrogens is 465 g/mol. The van der Waals surface area contributed by atoms with Crippen LogP contribution in [0.3, 0.4) is 0 Å². The summed E-state index contributed by atoms with van der Waals surface area (Å²) in [6, 6.07) is 1.95. The number of amides is 1. The lowest BCUT2D eigenvalue weighted by molar-refractivity contribution is -0.121. The van der Waals surface area contributed by atoms with Gasteiger partial charge in [-0.2, -0.15) is 0 Å². The highest BCUT2D eigenvalue weighted by molar-refractivity contribution is 14.0. The third kappa shape index (κ3) is 7.34. The highest BCUT2D eigenvalue weighted by atomic mass is 127. The molecule has 0 saturated heterocycles. The second-order valence-corrected chi connectivity index (χ2v) is 7.23. The zero-order valence-corrected chi connectivity index (χ0v) is 19.0. The first-order valence-corrected chi connectivity index (χ1v) is 9.36. The summed E-state index contributed by atoms with van der Waals surface area (Å²) >= 11 is 6.03. The smallest absolute Gasteiger partial charge is 0.220 e. The van der Waals surface area contributed by atoms with Crippen LogP contribution in [0.5, 0.6) is 0 Å². The van der Waals surface area contributed by atoms with Crippen molar-refractivity contribution in [2.75, 3.05) is 27.2 Å². The Balaban J connectivity index is 0.00000338. The Hall–Kier alpha value is -0.960. The van der Waals surface area contributed by atoms with Gasteiger partial charge in [0.25, 0.3) is 0 Å². The predicted molar refractivity (Wildman–Crippen MR) is 118 cm³/mol. The third-order valence-corrected chi connectivity index (χ3v) is 4.93. The van der Waals surface area contributed by atoms with Gasteiger partial charge in [-0.15, -0.1) is 24.0 Å². The first-order chi connectivity index (χ1) is 12.0. The third-order valence-electron chi connectivity index (χ3n) is 4.73. The topological polar surface area (TPSA) is 61.7 Å². The van der Waals surface area contributed by atoms with Crippen molar-refractivity contribution in [1.29, 1.82) is 0 Å². The van der Waals surface area contributed by atoms with Crippen molar-refractivity contribution < 1.29 is 4.79 Å². The Kier molecular flexibility index (Phi) is 10.4. The van der Waals surface area contributed by atoms with E-state index < -0.39 is 0 Å². The molecule has 1 aliphatic carbocycles. The molecule has 1 amide bonds. The maximum absolute atomic E-state index is 11.9.